The van der Waals surface area contributed by atoms with Gasteiger partial charge >= 0.3 is 0 Å². The van der Waals surface area contributed by atoms with Gasteiger partial charge in [0, 0.05) is 9.86 Å². The van der Waals surface area contributed by atoms with Crippen LogP contribution in [0.15, 0.2) is 22.7 Å². The lowest BCUT2D eigenvalue weighted by atomic mass is 10.1. The molecule has 2 N–H and O–H groups in total. The minimum atomic E-state index is -0.261. The standard InChI is InChI=1S/C12H12BrFN2/c1-2-3-7-6-8-10(14)5-4-9(13)11(8)16-12(7)15/h4-6H,2-3H2,1H3,(H2,15,16). The second-order valence-electron chi connectivity index (χ2n) is 3.71. The van der Waals surface area contributed by atoms with E-state index in [1.165, 1.54) is 6.07 Å². The molecule has 0 saturated heterocycles. The Bertz CT molecular complexity index is 540. The lowest BCUT2D eigenvalue weighted by Crippen LogP contribution is -1.99. The summed E-state index contributed by atoms with van der Waals surface area (Å²) < 4.78 is 14.4. The van der Waals surface area contributed by atoms with Gasteiger partial charge in [-0.1, -0.05) is 13.3 Å². The summed E-state index contributed by atoms with van der Waals surface area (Å²) in [7, 11) is 0. The van der Waals surface area contributed by atoms with Gasteiger partial charge in [-0.25, -0.2) is 9.37 Å². The van der Waals surface area contributed by atoms with Gasteiger partial charge in [-0.15, -0.1) is 0 Å². The molecule has 0 bridgehead atoms. The van der Waals surface area contributed by atoms with Crippen molar-refractivity contribution in [3.8, 4) is 0 Å². The first-order chi connectivity index (χ1) is 7.63. The lowest BCUT2D eigenvalue weighted by molar-refractivity contribution is 0.639. The zero-order valence-electron chi connectivity index (χ0n) is 8.93. The van der Waals surface area contributed by atoms with Crippen LogP contribution in [0.1, 0.15) is 18.9 Å². The highest BCUT2D eigenvalue weighted by Crippen LogP contribution is 2.27. The van der Waals surface area contributed by atoms with Crippen LogP contribution in [0.3, 0.4) is 0 Å². The molecule has 4 heteroatoms. The Morgan fingerprint density at radius 2 is 2.19 bits per heavy atom. The third-order valence-electron chi connectivity index (χ3n) is 2.51. The summed E-state index contributed by atoms with van der Waals surface area (Å²) in [5, 5.41) is 0.520. The molecule has 0 spiro atoms. The molecule has 0 unspecified atom stereocenters. The average molecular weight is 283 g/mol. The van der Waals surface area contributed by atoms with E-state index < -0.39 is 0 Å². The van der Waals surface area contributed by atoms with Crippen molar-refractivity contribution in [3.05, 3.63) is 34.1 Å². The van der Waals surface area contributed by atoms with E-state index in [1.54, 1.807) is 12.1 Å². The summed E-state index contributed by atoms with van der Waals surface area (Å²) in [4.78, 5) is 4.25. The largest absolute Gasteiger partial charge is 0.383 e. The summed E-state index contributed by atoms with van der Waals surface area (Å²) in [5.41, 5.74) is 7.33. The number of hydrogen-bond donors (Lipinski definition) is 1. The Labute approximate surface area is 102 Å². The Balaban J connectivity index is 2.73. The van der Waals surface area contributed by atoms with Crippen molar-refractivity contribution in [1.29, 1.82) is 0 Å². The number of nitrogen functional groups attached to an aromatic ring is 1. The molecule has 2 nitrogen and oxygen atoms in total. The van der Waals surface area contributed by atoms with Gasteiger partial charge in [-0.05, 0) is 46.1 Å². The van der Waals surface area contributed by atoms with Crippen LogP contribution in [-0.2, 0) is 6.42 Å². The lowest BCUT2D eigenvalue weighted by Gasteiger charge is -2.07. The van der Waals surface area contributed by atoms with Crippen molar-refractivity contribution >= 4 is 32.7 Å². The maximum Gasteiger partial charge on any atom is 0.132 e. The molecule has 0 atom stereocenters. The highest BCUT2D eigenvalue weighted by atomic mass is 79.9. The smallest absolute Gasteiger partial charge is 0.132 e. The Hall–Kier alpha value is -1.16. The molecule has 0 amide bonds. The molecule has 0 aliphatic rings. The third-order valence-corrected chi connectivity index (χ3v) is 3.15. The van der Waals surface area contributed by atoms with Crippen molar-refractivity contribution in [1.82, 2.24) is 4.98 Å². The zero-order valence-corrected chi connectivity index (χ0v) is 10.5. The van der Waals surface area contributed by atoms with Crippen LogP contribution in [0.2, 0.25) is 0 Å². The van der Waals surface area contributed by atoms with Crippen LogP contribution in [0.25, 0.3) is 10.9 Å². The predicted molar refractivity (Wildman–Crippen MR) is 67.8 cm³/mol. The van der Waals surface area contributed by atoms with E-state index in [-0.39, 0.29) is 5.82 Å². The van der Waals surface area contributed by atoms with Crippen LogP contribution in [0.5, 0.6) is 0 Å². The number of nitrogens with zero attached hydrogens (tertiary/aromatic N) is 1. The van der Waals surface area contributed by atoms with Crippen molar-refractivity contribution in [2.24, 2.45) is 0 Å². The van der Waals surface area contributed by atoms with Crippen LogP contribution >= 0.6 is 15.9 Å². The van der Waals surface area contributed by atoms with E-state index in [9.17, 15) is 4.39 Å². The fourth-order valence-electron chi connectivity index (χ4n) is 1.72. The maximum atomic E-state index is 13.6. The number of rotatable bonds is 2. The number of pyridine rings is 1. The molecule has 2 aromatic rings. The van der Waals surface area contributed by atoms with Gasteiger partial charge in [-0.3, -0.25) is 0 Å². The molecule has 1 aromatic carbocycles. The molecule has 1 heterocycles. The number of anilines is 1. The van der Waals surface area contributed by atoms with Crippen LogP contribution in [0, 0.1) is 5.82 Å². The van der Waals surface area contributed by atoms with E-state index >= 15 is 0 Å². The van der Waals surface area contributed by atoms with E-state index in [2.05, 4.69) is 27.8 Å². The number of hydrogen-bond acceptors (Lipinski definition) is 2. The van der Waals surface area contributed by atoms with Crippen LogP contribution in [-0.4, -0.2) is 4.98 Å². The first-order valence-electron chi connectivity index (χ1n) is 5.16. The first-order valence-corrected chi connectivity index (χ1v) is 5.96. The summed E-state index contributed by atoms with van der Waals surface area (Å²) in [5.74, 6) is 0.226. The highest BCUT2D eigenvalue weighted by molar-refractivity contribution is 9.10. The summed E-state index contributed by atoms with van der Waals surface area (Å²) in [6.45, 7) is 2.06. The van der Waals surface area contributed by atoms with Gasteiger partial charge in [0.25, 0.3) is 0 Å². The van der Waals surface area contributed by atoms with E-state index in [4.69, 9.17) is 5.73 Å². The van der Waals surface area contributed by atoms with Crippen molar-refractivity contribution in [3.63, 3.8) is 0 Å². The summed E-state index contributed by atoms with van der Waals surface area (Å²) in [6.07, 6.45) is 1.79. The predicted octanol–water partition coefficient (Wildman–Crippen LogP) is 3.67. The number of halogens is 2. The van der Waals surface area contributed by atoms with Crippen molar-refractivity contribution < 1.29 is 4.39 Å². The van der Waals surface area contributed by atoms with Gasteiger partial charge in [0.1, 0.15) is 11.6 Å². The summed E-state index contributed by atoms with van der Waals surface area (Å²) >= 11 is 3.34. The molecule has 0 aliphatic heterocycles. The van der Waals surface area contributed by atoms with Crippen molar-refractivity contribution in [2.45, 2.75) is 19.8 Å². The highest BCUT2D eigenvalue weighted by Gasteiger charge is 2.09. The fourth-order valence-corrected chi connectivity index (χ4v) is 2.15. The van der Waals surface area contributed by atoms with Gasteiger partial charge in [-0.2, -0.15) is 0 Å². The molecule has 16 heavy (non-hydrogen) atoms. The number of benzene rings is 1. The minimum Gasteiger partial charge on any atom is -0.383 e. The van der Waals surface area contributed by atoms with Crippen LogP contribution in [0.4, 0.5) is 10.2 Å². The molecule has 84 valence electrons. The average Bonchev–Trinajstić information content (AvgIpc) is 2.26. The Kier molecular flexibility index (Phi) is 3.10. The minimum absolute atomic E-state index is 0.261. The van der Waals surface area contributed by atoms with Crippen LogP contribution < -0.4 is 5.73 Å². The molecular formula is C12H12BrFN2. The molecule has 0 aliphatic carbocycles. The number of aromatic nitrogens is 1. The maximum absolute atomic E-state index is 13.6. The normalized spacial score (nSPS) is 10.9. The number of fused-ring (bicyclic) bond motifs is 1. The number of nitrogens with two attached hydrogens (primary N) is 1. The quantitative estimate of drug-likeness (QED) is 0.913. The van der Waals surface area contributed by atoms with E-state index in [0.717, 1.165) is 22.9 Å². The molecule has 2 rings (SSSR count). The molecule has 1 aromatic heterocycles. The van der Waals surface area contributed by atoms with Gasteiger partial charge < -0.3 is 5.73 Å². The third kappa shape index (κ3) is 1.89. The topological polar surface area (TPSA) is 38.9 Å². The van der Waals surface area contributed by atoms with Gasteiger partial charge in [0.2, 0.25) is 0 Å². The monoisotopic (exact) mass is 282 g/mol. The number of aryl methyl sites for hydroxylation is 1. The van der Waals surface area contributed by atoms with E-state index in [0.29, 0.717) is 16.7 Å². The summed E-state index contributed by atoms with van der Waals surface area (Å²) in [6, 6.07) is 4.87. The Morgan fingerprint density at radius 1 is 1.44 bits per heavy atom. The van der Waals surface area contributed by atoms with Crippen molar-refractivity contribution in [2.75, 3.05) is 5.73 Å². The first kappa shape index (κ1) is 11.3. The molecule has 0 fully saturated rings. The van der Waals surface area contributed by atoms with Gasteiger partial charge in [0.15, 0.2) is 0 Å². The SMILES string of the molecule is CCCc1cc2c(F)ccc(Br)c2nc1N. The second kappa shape index (κ2) is 4.37. The Morgan fingerprint density at radius 3 is 2.88 bits per heavy atom. The fraction of sp³-hybridized carbons (Fsp3) is 0.250. The zero-order chi connectivity index (χ0) is 11.7. The van der Waals surface area contributed by atoms with Gasteiger partial charge in [0.05, 0.1) is 5.52 Å². The molecule has 0 radical (unpaired) electrons. The molecule has 0 saturated carbocycles. The second-order valence-corrected chi connectivity index (χ2v) is 4.56. The van der Waals surface area contributed by atoms with E-state index in [1.807, 2.05) is 0 Å². The molecular weight excluding hydrogens is 271 g/mol.